The summed E-state index contributed by atoms with van der Waals surface area (Å²) in [6.45, 7) is 0.185. The predicted molar refractivity (Wildman–Crippen MR) is 101 cm³/mol. The lowest BCUT2D eigenvalue weighted by Gasteiger charge is -2.11. The van der Waals surface area contributed by atoms with Gasteiger partial charge in [0.15, 0.2) is 11.5 Å². The topological polar surface area (TPSA) is 81.7 Å². The third kappa shape index (κ3) is 3.62. The zero-order chi connectivity index (χ0) is 18.6. The van der Waals surface area contributed by atoms with Crippen molar-refractivity contribution in [1.82, 2.24) is 4.98 Å². The summed E-state index contributed by atoms with van der Waals surface area (Å²) in [5, 5.41) is 6.05. The van der Waals surface area contributed by atoms with Gasteiger partial charge in [0.2, 0.25) is 6.79 Å². The van der Waals surface area contributed by atoms with E-state index in [4.69, 9.17) is 14.2 Å². The van der Waals surface area contributed by atoms with Crippen LogP contribution in [0.1, 0.15) is 10.5 Å². The van der Waals surface area contributed by atoms with Gasteiger partial charge in [-0.3, -0.25) is 9.78 Å². The number of nitrogens with one attached hydrogen (secondary N) is 2. The third-order valence-electron chi connectivity index (χ3n) is 4.01. The molecule has 1 aliphatic rings. The molecule has 0 fully saturated rings. The number of amides is 1. The average molecular weight is 363 g/mol. The van der Waals surface area contributed by atoms with Crippen molar-refractivity contribution in [2.75, 3.05) is 24.5 Å². The molecule has 1 aromatic heterocycles. The first-order valence-corrected chi connectivity index (χ1v) is 8.30. The van der Waals surface area contributed by atoms with Crippen molar-refractivity contribution in [3.8, 4) is 17.2 Å². The van der Waals surface area contributed by atoms with Gasteiger partial charge in [0.1, 0.15) is 11.4 Å². The Bertz CT molecular complexity index is 990. The van der Waals surface area contributed by atoms with Gasteiger partial charge in [-0.1, -0.05) is 12.1 Å². The van der Waals surface area contributed by atoms with Gasteiger partial charge in [-0.25, -0.2) is 0 Å². The van der Waals surface area contributed by atoms with Gasteiger partial charge in [0.25, 0.3) is 5.91 Å². The van der Waals surface area contributed by atoms with Crippen LogP contribution >= 0.6 is 0 Å². The molecular weight excluding hydrogens is 346 g/mol. The number of fused-ring (bicyclic) bond motifs is 1. The van der Waals surface area contributed by atoms with Crippen molar-refractivity contribution in [2.45, 2.75) is 0 Å². The molecule has 0 unspecified atom stereocenters. The molecule has 1 aliphatic heterocycles. The number of carbonyl (C=O) groups is 1. The molecule has 0 bridgehead atoms. The molecule has 4 rings (SSSR count). The normalized spacial score (nSPS) is 11.7. The molecule has 7 heteroatoms. The number of hydrogen-bond acceptors (Lipinski definition) is 6. The Balaban J connectivity index is 1.51. The second kappa shape index (κ2) is 7.25. The van der Waals surface area contributed by atoms with Crippen LogP contribution < -0.4 is 24.8 Å². The second-order valence-corrected chi connectivity index (χ2v) is 5.78. The van der Waals surface area contributed by atoms with E-state index in [-0.39, 0.29) is 18.4 Å². The average Bonchev–Trinajstić information content (AvgIpc) is 3.16. The van der Waals surface area contributed by atoms with Crippen LogP contribution in [-0.2, 0) is 0 Å². The summed E-state index contributed by atoms with van der Waals surface area (Å²) in [6, 6.07) is 16.2. The summed E-state index contributed by atoms with van der Waals surface area (Å²) in [4.78, 5) is 16.7. The quantitative estimate of drug-likeness (QED) is 0.717. The van der Waals surface area contributed by atoms with Crippen LogP contribution in [0.4, 0.5) is 17.1 Å². The number of aromatic nitrogens is 1. The number of anilines is 3. The first-order chi connectivity index (χ1) is 13.2. The lowest BCUT2D eigenvalue weighted by molar-refractivity contribution is 0.102. The summed E-state index contributed by atoms with van der Waals surface area (Å²) < 4.78 is 15.9. The van der Waals surface area contributed by atoms with Crippen LogP contribution in [0.5, 0.6) is 17.2 Å². The first kappa shape index (κ1) is 16.7. The fraction of sp³-hybridized carbons (Fsp3) is 0.100. The Kier molecular flexibility index (Phi) is 4.49. The van der Waals surface area contributed by atoms with E-state index in [0.717, 1.165) is 11.4 Å². The summed E-state index contributed by atoms with van der Waals surface area (Å²) in [6.07, 6.45) is 1.58. The second-order valence-electron chi connectivity index (χ2n) is 5.78. The van der Waals surface area contributed by atoms with Crippen LogP contribution in [0.25, 0.3) is 0 Å². The van der Waals surface area contributed by atoms with Crippen molar-refractivity contribution in [3.05, 3.63) is 66.5 Å². The zero-order valence-corrected chi connectivity index (χ0v) is 14.6. The third-order valence-corrected chi connectivity index (χ3v) is 4.01. The summed E-state index contributed by atoms with van der Waals surface area (Å²) in [5.41, 5.74) is 2.42. The molecule has 2 N–H and O–H groups in total. The molecule has 0 saturated heterocycles. The van der Waals surface area contributed by atoms with E-state index >= 15 is 0 Å². The number of nitrogens with zero attached hydrogens (tertiary/aromatic N) is 1. The molecule has 0 saturated carbocycles. The van der Waals surface area contributed by atoms with E-state index in [1.165, 1.54) is 0 Å². The van der Waals surface area contributed by atoms with E-state index < -0.39 is 0 Å². The number of hydrogen-bond donors (Lipinski definition) is 2. The molecule has 0 aliphatic carbocycles. The molecule has 0 radical (unpaired) electrons. The van der Waals surface area contributed by atoms with Gasteiger partial charge in [0.05, 0.1) is 12.8 Å². The Hall–Kier alpha value is -3.74. The maximum Gasteiger partial charge on any atom is 0.274 e. The molecule has 136 valence electrons. The van der Waals surface area contributed by atoms with E-state index in [1.54, 1.807) is 43.6 Å². The van der Waals surface area contributed by atoms with Crippen LogP contribution in [0.2, 0.25) is 0 Å². The van der Waals surface area contributed by atoms with Crippen molar-refractivity contribution >= 4 is 23.0 Å². The van der Waals surface area contributed by atoms with Gasteiger partial charge in [-0.2, -0.15) is 0 Å². The number of ether oxygens (including phenoxy) is 3. The van der Waals surface area contributed by atoms with Gasteiger partial charge >= 0.3 is 0 Å². The minimum Gasteiger partial charge on any atom is -0.495 e. The fourth-order valence-electron chi connectivity index (χ4n) is 2.71. The zero-order valence-electron chi connectivity index (χ0n) is 14.6. The molecule has 0 atom stereocenters. The van der Waals surface area contributed by atoms with Crippen molar-refractivity contribution in [3.63, 3.8) is 0 Å². The summed E-state index contributed by atoms with van der Waals surface area (Å²) in [7, 11) is 1.61. The number of rotatable bonds is 5. The molecule has 2 aromatic carbocycles. The van der Waals surface area contributed by atoms with Crippen molar-refractivity contribution < 1.29 is 19.0 Å². The monoisotopic (exact) mass is 363 g/mol. The largest absolute Gasteiger partial charge is 0.495 e. The van der Waals surface area contributed by atoms with Crippen molar-refractivity contribution in [2.24, 2.45) is 0 Å². The highest BCUT2D eigenvalue weighted by Crippen LogP contribution is 2.34. The maximum absolute atomic E-state index is 12.5. The number of methoxy groups -OCH3 is 1. The molecular formula is C20H17N3O4. The van der Waals surface area contributed by atoms with Crippen LogP contribution in [0.3, 0.4) is 0 Å². The highest BCUT2D eigenvalue weighted by atomic mass is 16.7. The van der Waals surface area contributed by atoms with Gasteiger partial charge in [0, 0.05) is 23.6 Å². The van der Waals surface area contributed by atoms with E-state index in [0.29, 0.717) is 22.9 Å². The number of para-hydroxylation sites is 2. The van der Waals surface area contributed by atoms with Crippen LogP contribution in [0.15, 0.2) is 60.8 Å². The molecule has 2 heterocycles. The highest BCUT2D eigenvalue weighted by Gasteiger charge is 2.15. The Morgan fingerprint density at radius 1 is 1.04 bits per heavy atom. The Labute approximate surface area is 155 Å². The summed E-state index contributed by atoms with van der Waals surface area (Å²) in [5.74, 6) is 1.65. The maximum atomic E-state index is 12.5. The SMILES string of the molecule is COc1ccccc1Nc1ccnc(C(=O)Nc2ccc3c(c2)OCO3)c1. The van der Waals surface area contributed by atoms with Gasteiger partial charge in [-0.05, 0) is 36.4 Å². The first-order valence-electron chi connectivity index (χ1n) is 8.30. The van der Waals surface area contributed by atoms with Crippen LogP contribution in [0, 0.1) is 0 Å². The minimum atomic E-state index is -0.322. The molecule has 0 spiro atoms. The Morgan fingerprint density at radius 2 is 1.89 bits per heavy atom. The number of carbonyl (C=O) groups excluding carboxylic acids is 1. The smallest absolute Gasteiger partial charge is 0.274 e. The summed E-state index contributed by atoms with van der Waals surface area (Å²) >= 11 is 0. The standard InChI is InChI=1S/C20H17N3O4/c1-25-17-5-3-2-4-15(17)22-14-8-9-21-16(10-14)20(24)23-13-6-7-18-19(11-13)27-12-26-18/h2-11H,12H2,1H3,(H,21,22)(H,23,24). The van der Waals surface area contributed by atoms with E-state index in [2.05, 4.69) is 15.6 Å². The lowest BCUT2D eigenvalue weighted by atomic mass is 10.2. The predicted octanol–water partition coefficient (Wildman–Crippen LogP) is 3.81. The number of pyridine rings is 1. The number of benzene rings is 2. The molecule has 3 aromatic rings. The van der Waals surface area contributed by atoms with Crippen LogP contribution in [-0.4, -0.2) is 24.8 Å². The van der Waals surface area contributed by atoms with Crippen molar-refractivity contribution in [1.29, 1.82) is 0 Å². The highest BCUT2D eigenvalue weighted by molar-refractivity contribution is 6.03. The Morgan fingerprint density at radius 3 is 2.78 bits per heavy atom. The fourth-order valence-corrected chi connectivity index (χ4v) is 2.71. The molecule has 1 amide bonds. The lowest BCUT2D eigenvalue weighted by Crippen LogP contribution is -2.13. The van der Waals surface area contributed by atoms with E-state index in [9.17, 15) is 4.79 Å². The minimum absolute atomic E-state index is 0.185. The molecule has 7 nitrogen and oxygen atoms in total. The van der Waals surface area contributed by atoms with E-state index in [1.807, 2.05) is 24.3 Å². The van der Waals surface area contributed by atoms with Gasteiger partial charge < -0.3 is 24.8 Å². The van der Waals surface area contributed by atoms with Gasteiger partial charge in [-0.15, -0.1) is 0 Å². The molecule has 27 heavy (non-hydrogen) atoms.